The molecule has 0 aliphatic carbocycles. The van der Waals surface area contributed by atoms with Gasteiger partial charge in [0.2, 0.25) is 0 Å². The van der Waals surface area contributed by atoms with E-state index in [9.17, 15) is 14.4 Å². The molecule has 0 bridgehead atoms. The molecule has 0 saturated carbocycles. The molecular formula is C14H25NO6. The molecule has 0 fully saturated rings. The van der Waals surface area contributed by atoms with Gasteiger partial charge in [0.1, 0.15) is 11.6 Å². The number of aliphatic carboxylic acids is 1. The Morgan fingerprint density at radius 3 is 2.19 bits per heavy atom. The zero-order valence-corrected chi connectivity index (χ0v) is 13.3. The number of rotatable bonds is 7. The smallest absolute Gasteiger partial charge is 0.408 e. The van der Waals surface area contributed by atoms with Gasteiger partial charge < -0.3 is 19.9 Å². The van der Waals surface area contributed by atoms with E-state index in [1.54, 1.807) is 20.8 Å². The second-order valence-electron chi connectivity index (χ2n) is 6.16. The molecule has 0 aliphatic rings. The highest BCUT2D eigenvalue weighted by atomic mass is 16.6. The highest BCUT2D eigenvalue weighted by Gasteiger charge is 2.26. The Bertz CT molecular complexity index is 372. The summed E-state index contributed by atoms with van der Waals surface area (Å²) in [5.41, 5.74) is -0.705. The lowest BCUT2D eigenvalue weighted by molar-refractivity contribution is -0.147. The molecule has 2 N–H and O–H groups in total. The number of hydrogen-bond acceptors (Lipinski definition) is 5. The largest absolute Gasteiger partial charge is 0.481 e. The molecule has 7 nitrogen and oxygen atoms in total. The monoisotopic (exact) mass is 303 g/mol. The topological polar surface area (TPSA) is 102 Å². The van der Waals surface area contributed by atoms with Crippen molar-refractivity contribution in [3.63, 3.8) is 0 Å². The van der Waals surface area contributed by atoms with Crippen LogP contribution in [-0.4, -0.2) is 41.4 Å². The summed E-state index contributed by atoms with van der Waals surface area (Å²) in [6, 6.07) is -1.03. The summed E-state index contributed by atoms with van der Waals surface area (Å²) in [4.78, 5) is 34.2. The van der Waals surface area contributed by atoms with Crippen LogP contribution in [0.1, 0.15) is 47.5 Å². The summed E-state index contributed by atoms with van der Waals surface area (Å²) in [5, 5.41) is 11.0. The number of esters is 1. The number of carbonyl (C=O) groups excluding carboxylic acids is 2. The van der Waals surface area contributed by atoms with Crippen molar-refractivity contribution in [3.05, 3.63) is 0 Å². The van der Waals surface area contributed by atoms with Gasteiger partial charge >= 0.3 is 18.0 Å². The van der Waals surface area contributed by atoms with Crippen molar-refractivity contribution in [1.29, 1.82) is 0 Å². The first kappa shape index (κ1) is 19.2. The van der Waals surface area contributed by atoms with E-state index in [0.717, 1.165) is 0 Å². The summed E-state index contributed by atoms with van der Waals surface area (Å²) in [7, 11) is 0. The van der Waals surface area contributed by atoms with E-state index in [4.69, 9.17) is 14.6 Å². The van der Waals surface area contributed by atoms with E-state index in [1.165, 1.54) is 0 Å². The molecule has 0 heterocycles. The SMILES string of the molecule is CC(C)COC(=O)[C@H](CCC(=O)O)NC(=O)OC(C)(C)C. The zero-order valence-electron chi connectivity index (χ0n) is 13.3. The first-order chi connectivity index (χ1) is 9.51. The van der Waals surface area contributed by atoms with Gasteiger partial charge in [-0.2, -0.15) is 0 Å². The van der Waals surface area contributed by atoms with E-state index < -0.39 is 29.7 Å². The number of carbonyl (C=O) groups is 3. The quantitative estimate of drug-likeness (QED) is 0.697. The second-order valence-corrected chi connectivity index (χ2v) is 6.16. The molecule has 122 valence electrons. The van der Waals surface area contributed by atoms with Crippen LogP contribution in [0, 0.1) is 5.92 Å². The predicted molar refractivity (Wildman–Crippen MR) is 75.8 cm³/mol. The van der Waals surface area contributed by atoms with Crippen molar-refractivity contribution < 1.29 is 29.0 Å². The molecule has 7 heteroatoms. The van der Waals surface area contributed by atoms with Gasteiger partial charge in [-0.3, -0.25) is 4.79 Å². The third-order valence-electron chi connectivity index (χ3n) is 2.18. The average Bonchev–Trinajstić information content (AvgIpc) is 2.28. The fourth-order valence-corrected chi connectivity index (χ4v) is 1.32. The number of amides is 1. The minimum absolute atomic E-state index is 0.0501. The maximum Gasteiger partial charge on any atom is 0.408 e. The highest BCUT2D eigenvalue weighted by Crippen LogP contribution is 2.09. The number of carboxylic acids is 1. The van der Waals surface area contributed by atoms with Crippen molar-refractivity contribution in [2.75, 3.05) is 6.61 Å². The molecule has 21 heavy (non-hydrogen) atoms. The first-order valence-electron chi connectivity index (χ1n) is 6.89. The van der Waals surface area contributed by atoms with Crippen LogP contribution in [0.25, 0.3) is 0 Å². The fraction of sp³-hybridized carbons (Fsp3) is 0.786. The molecule has 0 aromatic heterocycles. The van der Waals surface area contributed by atoms with Crippen LogP contribution in [0.4, 0.5) is 4.79 Å². The average molecular weight is 303 g/mol. The van der Waals surface area contributed by atoms with Crippen LogP contribution >= 0.6 is 0 Å². The van der Waals surface area contributed by atoms with Crippen molar-refractivity contribution in [2.24, 2.45) is 5.92 Å². The molecule has 0 rings (SSSR count). The Balaban J connectivity index is 4.61. The second kappa shape index (κ2) is 8.49. The van der Waals surface area contributed by atoms with E-state index >= 15 is 0 Å². The number of ether oxygens (including phenoxy) is 2. The molecular weight excluding hydrogens is 278 g/mol. The van der Waals surface area contributed by atoms with Crippen LogP contribution in [0.15, 0.2) is 0 Å². The Kier molecular flexibility index (Phi) is 7.76. The zero-order chi connectivity index (χ0) is 16.6. The lowest BCUT2D eigenvalue weighted by Gasteiger charge is -2.23. The van der Waals surface area contributed by atoms with Gasteiger partial charge in [-0.05, 0) is 33.1 Å². The number of carboxylic acid groups (broad SMARTS) is 1. The van der Waals surface area contributed by atoms with Crippen LogP contribution in [0.2, 0.25) is 0 Å². The van der Waals surface area contributed by atoms with Gasteiger partial charge in [0.25, 0.3) is 0 Å². The lowest BCUT2D eigenvalue weighted by atomic mass is 10.1. The number of alkyl carbamates (subject to hydrolysis) is 1. The summed E-state index contributed by atoms with van der Waals surface area (Å²) in [6.07, 6.45) is -1.08. The van der Waals surface area contributed by atoms with Crippen LogP contribution in [0.3, 0.4) is 0 Å². The van der Waals surface area contributed by atoms with Crippen LogP contribution in [-0.2, 0) is 19.1 Å². The third kappa shape index (κ3) is 10.6. The molecule has 0 aromatic carbocycles. The van der Waals surface area contributed by atoms with Crippen molar-refractivity contribution >= 4 is 18.0 Å². The van der Waals surface area contributed by atoms with E-state index in [-0.39, 0.29) is 25.4 Å². The Hall–Kier alpha value is -1.79. The molecule has 0 radical (unpaired) electrons. The summed E-state index contributed by atoms with van der Waals surface area (Å²) < 4.78 is 10.1. The first-order valence-corrected chi connectivity index (χ1v) is 6.89. The molecule has 0 spiro atoms. The summed E-state index contributed by atoms with van der Waals surface area (Å²) in [6.45, 7) is 9.03. The molecule has 0 aliphatic heterocycles. The Labute approximate surface area is 125 Å². The number of nitrogens with one attached hydrogen (secondary N) is 1. The van der Waals surface area contributed by atoms with Crippen molar-refractivity contribution in [3.8, 4) is 0 Å². The maximum atomic E-state index is 11.9. The third-order valence-corrected chi connectivity index (χ3v) is 2.18. The highest BCUT2D eigenvalue weighted by molar-refractivity contribution is 5.82. The summed E-state index contributed by atoms with van der Waals surface area (Å²) in [5.74, 6) is -1.56. The molecule has 1 amide bonds. The van der Waals surface area contributed by atoms with Gasteiger partial charge in [-0.15, -0.1) is 0 Å². The van der Waals surface area contributed by atoms with Crippen molar-refractivity contribution in [2.45, 2.75) is 59.1 Å². The molecule has 1 atom stereocenters. The van der Waals surface area contributed by atoms with Gasteiger partial charge in [-0.1, -0.05) is 13.8 Å². The standard InChI is InChI=1S/C14H25NO6/c1-9(2)8-20-12(18)10(6-7-11(16)17)15-13(19)21-14(3,4)5/h9-10H,6-8H2,1-5H3,(H,15,19)(H,16,17)/t10-/m0/s1. The Morgan fingerprint density at radius 2 is 1.76 bits per heavy atom. The molecule has 0 aromatic rings. The van der Waals surface area contributed by atoms with Crippen molar-refractivity contribution in [1.82, 2.24) is 5.32 Å². The fourth-order valence-electron chi connectivity index (χ4n) is 1.32. The minimum Gasteiger partial charge on any atom is -0.481 e. The summed E-state index contributed by atoms with van der Waals surface area (Å²) >= 11 is 0. The Morgan fingerprint density at radius 1 is 1.19 bits per heavy atom. The molecule has 0 unspecified atom stereocenters. The minimum atomic E-state index is -1.05. The van der Waals surface area contributed by atoms with Crippen LogP contribution < -0.4 is 5.32 Å². The number of hydrogen-bond donors (Lipinski definition) is 2. The normalized spacial score (nSPS) is 12.7. The maximum absolute atomic E-state index is 11.9. The van der Waals surface area contributed by atoms with E-state index in [0.29, 0.717) is 0 Å². The predicted octanol–water partition coefficient (Wildman–Crippen LogP) is 1.94. The van der Waals surface area contributed by atoms with Gasteiger partial charge in [0.05, 0.1) is 6.61 Å². The van der Waals surface area contributed by atoms with E-state index in [1.807, 2.05) is 13.8 Å². The molecule has 0 saturated heterocycles. The van der Waals surface area contributed by atoms with Gasteiger partial charge in [0.15, 0.2) is 0 Å². The van der Waals surface area contributed by atoms with Gasteiger partial charge in [0, 0.05) is 6.42 Å². The lowest BCUT2D eigenvalue weighted by Crippen LogP contribution is -2.44. The van der Waals surface area contributed by atoms with E-state index in [2.05, 4.69) is 5.32 Å². The van der Waals surface area contributed by atoms with Gasteiger partial charge in [-0.25, -0.2) is 9.59 Å². The van der Waals surface area contributed by atoms with Crippen LogP contribution in [0.5, 0.6) is 0 Å².